The van der Waals surface area contributed by atoms with E-state index in [9.17, 15) is 4.79 Å². The number of hydrogen-bond donors (Lipinski definition) is 1. The summed E-state index contributed by atoms with van der Waals surface area (Å²) in [4.78, 5) is 19.5. The van der Waals surface area contributed by atoms with E-state index < -0.39 is 5.24 Å². The minimum Gasteiger partial charge on any atom is -0.337 e. The largest absolute Gasteiger partial charge is 0.337 e. The smallest absolute Gasteiger partial charge is 0.252 e. The standard InChI is InChI=1S/C22H15ClN2O/c23-21(26)17-11-13-18(14-12-17)22-24-19(15-7-3-1-4-8-15)20(25-22)16-9-5-2-6-10-16/h1-14H,(H,24,25). The monoisotopic (exact) mass is 358 g/mol. The highest BCUT2D eigenvalue weighted by molar-refractivity contribution is 6.67. The van der Waals surface area contributed by atoms with Crippen molar-refractivity contribution in [2.75, 3.05) is 0 Å². The van der Waals surface area contributed by atoms with Crippen LogP contribution >= 0.6 is 11.6 Å². The number of nitrogens with zero attached hydrogens (tertiary/aromatic N) is 1. The second-order valence-corrected chi connectivity index (χ2v) is 6.24. The lowest BCUT2D eigenvalue weighted by Crippen LogP contribution is -1.88. The molecule has 26 heavy (non-hydrogen) atoms. The van der Waals surface area contributed by atoms with Gasteiger partial charge in [-0.1, -0.05) is 72.8 Å². The highest BCUT2D eigenvalue weighted by atomic mass is 35.5. The van der Waals surface area contributed by atoms with Gasteiger partial charge in [0.2, 0.25) is 0 Å². The summed E-state index contributed by atoms with van der Waals surface area (Å²) in [6.45, 7) is 0. The molecule has 1 heterocycles. The molecule has 1 aromatic heterocycles. The van der Waals surface area contributed by atoms with E-state index in [0.29, 0.717) is 5.56 Å². The second kappa shape index (κ2) is 6.98. The van der Waals surface area contributed by atoms with Gasteiger partial charge in [0.1, 0.15) is 5.82 Å². The summed E-state index contributed by atoms with van der Waals surface area (Å²) in [6, 6.07) is 27.3. The number of aromatic nitrogens is 2. The minimum absolute atomic E-state index is 0.466. The number of imidazole rings is 1. The Morgan fingerprint density at radius 2 is 1.31 bits per heavy atom. The van der Waals surface area contributed by atoms with Crippen molar-refractivity contribution < 1.29 is 4.79 Å². The lowest BCUT2D eigenvalue weighted by molar-refractivity contribution is 0.108. The number of nitrogens with one attached hydrogen (secondary N) is 1. The predicted molar refractivity (Wildman–Crippen MR) is 105 cm³/mol. The van der Waals surface area contributed by atoms with Gasteiger partial charge in [0.25, 0.3) is 5.24 Å². The van der Waals surface area contributed by atoms with Crippen LogP contribution in [0.1, 0.15) is 10.4 Å². The van der Waals surface area contributed by atoms with Crippen LogP contribution in [-0.4, -0.2) is 15.2 Å². The normalized spacial score (nSPS) is 10.7. The summed E-state index contributed by atoms with van der Waals surface area (Å²) in [5.74, 6) is 0.747. The maximum absolute atomic E-state index is 11.3. The third kappa shape index (κ3) is 3.17. The van der Waals surface area contributed by atoms with Crippen molar-refractivity contribution >= 4 is 16.8 Å². The molecule has 126 valence electrons. The quantitative estimate of drug-likeness (QED) is 0.469. The second-order valence-electron chi connectivity index (χ2n) is 5.89. The molecule has 0 aliphatic heterocycles. The van der Waals surface area contributed by atoms with Crippen molar-refractivity contribution in [3.63, 3.8) is 0 Å². The predicted octanol–water partition coefficient (Wildman–Crippen LogP) is 5.79. The molecule has 0 spiro atoms. The van der Waals surface area contributed by atoms with E-state index in [2.05, 4.69) is 17.1 Å². The lowest BCUT2D eigenvalue weighted by atomic mass is 10.1. The number of rotatable bonds is 4. The van der Waals surface area contributed by atoms with Crippen LogP contribution in [0, 0.1) is 0 Å². The number of aromatic amines is 1. The first-order valence-corrected chi connectivity index (χ1v) is 8.61. The van der Waals surface area contributed by atoms with Crippen molar-refractivity contribution in [3.8, 4) is 33.9 Å². The van der Waals surface area contributed by atoms with Crippen LogP contribution in [0.25, 0.3) is 33.9 Å². The molecule has 0 bridgehead atoms. The van der Waals surface area contributed by atoms with Crippen molar-refractivity contribution in [2.45, 2.75) is 0 Å². The summed E-state index contributed by atoms with van der Waals surface area (Å²) in [6.07, 6.45) is 0. The maximum Gasteiger partial charge on any atom is 0.252 e. The van der Waals surface area contributed by atoms with E-state index in [0.717, 1.165) is 33.9 Å². The Hall–Kier alpha value is -3.17. The fraction of sp³-hybridized carbons (Fsp3) is 0. The molecule has 0 atom stereocenters. The van der Waals surface area contributed by atoms with Gasteiger partial charge in [-0.05, 0) is 23.7 Å². The molecule has 0 aliphatic carbocycles. The van der Waals surface area contributed by atoms with Crippen LogP contribution in [0.5, 0.6) is 0 Å². The fourth-order valence-electron chi connectivity index (χ4n) is 2.89. The highest BCUT2D eigenvalue weighted by Crippen LogP contribution is 2.32. The highest BCUT2D eigenvalue weighted by Gasteiger charge is 2.15. The first-order valence-electron chi connectivity index (χ1n) is 8.23. The first-order chi connectivity index (χ1) is 12.7. The van der Waals surface area contributed by atoms with Crippen LogP contribution < -0.4 is 0 Å². The molecule has 4 heteroatoms. The van der Waals surface area contributed by atoms with Gasteiger partial charge >= 0.3 is 0 Å². The topological polar surface area (TPSA) is 45.8 Å². The Labute approximate surface area is 156 Å². The van der Waals surface area contributed by atoms with Crippen molar-refractivity contribution in [2.24, 2.45) is 0 Å². The molecule has 3 nitrogen and oxygen atoms in total. The van der Waals surface area contributed by atoms with Gasteiger partial charge in [-0.25, -0.2) is 4.98 Å². The minimum atomic E-state index is -0.467. The zero-order valence-corrected chi connectivity index (χ0v) is 14.6. The summed E-state index contributed by atoms with van der Waals surface area (Å²) in [7, 11) is 0. The zero-order valence-electron chi connectivity index (χ0n) is 13.8. The molecule has 0 amide bonds. The third-order valence-corrected chi connectivity index (χ3v) is 4.42. The Morgan fingerprint density at radius 1 is 0.731 bits per heavy atom. The van der Waals surface area contributed by atoms with Crippen LogP contribution in [-0.2, 0) is 0 Å². The molecule has 3 aromatic carbocycles. The molecule has 0 unspecified atom stereocenters. The summed E-state index contributed by atoms with van der Waals surface area (Å²) in [5, 5.41) is -0.467. The molecule has 4 rings (SSSR count). The van der Waals surface area contributed by atoms with Gasteiger partial charge in [-0.3, -0.25) is 4.79 Å². The molecule has 1 N–H and O–H groups in total. The van der Waals surface area contributed by atoms with E-state index in [4.69, 9.17) is 16.6 Å². The Balaban J connectivity index is 1.85. The van der Waals surface area contributed by atoms with Crippen LogP contribution in [0.2, 0.25) is 0 Å². The maximum atomic E-state index is 11.3. The van der Waals surface area contributed by atoms with Gasteiger partial charge in [0, 0.05) is 22.3 Å². The number of hydrogen-bond acceptors (Lipinski definition) is 2. The summed E-state index contributed by atoms with van der Waals surface area (Å²) >= 11 is 5.53. The molecule has 0 saturated carbocycles. The average Bonchev–Trinajstić information content (AvgIpc) is 3.15. The van der Waals surface area contributed by atoms with Crippen LogP contribution in [0.15, 0.2) is 84.9 Å². The van der Waals surface area contributed by atoms with Gasteiger partial charge in [-0.2, -0.15) is 0 Å². The summed E-state index contributed by atoms with van der Waals surface area (Å²) < 4.78 is 0. The Morgan fingerprint density at radius 3 is 1.88 bits per heavy atom. The molecular weight excluding hydrogens is 344 g/mol. The van der Waals surface area contributed by atoms with Gasteiger partial charge < -0.3 is 4.98 Å². The number of H-pyrrole nitrogens is 1. The summed E-state index contributed by atoms with van der Waals surface area (Å²) in [5.41, 5.74) is 5.33. The Bertz CT molecular complexity index is 982. The first kappa shape index (κ1) is 16.3. The van der Waals surface area contributed by atoms with Crippen molar-refractivity contribution in [1.29, 1.82) is 0 Å². The molecule has 0 saturated heterocycles. The van der Waals surface area contributed by atoms with Gasteiger partial charge in [0.05, 0.1) is 11.4 Å². The van der Waals surface area contributed by atoms with E-state index in [1.165, 1.54) is 0 Å². The van der Waals surface area contributed by atoms with E-state index in [1.807, 2.05) is 60.7 Å². The van der Waals surface area contributed by atoms with Crippen molar-refractivity contribution in [3.05, 3.63) is 90.5 Å². The molecule has 4 aromatic rings. The van der Waals surface area contributed by atoms with Crippen molar-refractivity contribution in [1.82, 2.24) is 9.97 Å². The molecular formula is C22H15ClN2O. The van der Waals surface area contributed by atoms with Crippen LogP contribution in [0.3, 0.4) is 0 Å². The molecule has 0 radical (unpaired) electrons. The third-order valence-electron chi connectivity index (χ3n) is 4.20. The van der Waals surface area contributed by atoms with Crippen LogP contribution in [0.4, 0.5) is 0 Å². The lowest BCUT2D eigenvalue weighted by Gasteiger charge is -2.02. The van der Waals surface area contributed by atoms with Gasteiger partial charge in [-0.15, -0.1) is 0 Å². The fourth-order valence-corrected chi connectivity index (χ4v) is 3.01. The molecule has 0 fully saturated rings. The Kier molecular flexibility index (Phi) is 4.38. The van der Waals surface area contributed by atoms with E-state index in [1.54, 1.807) is 12.1 Å². The molecule has 0 aliphatic rings. The van der Waals surface area contributed by atoms with Gasteiger partial charge in [0.15, 0.2) is 0 Å². The van der Waals surface area contributed by atoms with E-state index >= 15 is 0 Å². The zero-order chi connectivity index (χ0) is 17.9. The van der Waals surface area contributed by atoms with E-state index in [-0.39, 0.29) is 0 Å². The number of carbonyl (C=O) groups is 1. The average molecular weight is 359 g/mol. The number of benzene rings is 3. The number of halogens is 1. The SMILES string of the molecule is O=C(Cl)c1ccc(-c2nc(-c3ccccc3)c(-c3ccccc3)[nH]2)cc1. The number of carbonyl (C=O) groups excluding carboxylic acids is 1.